The molecule has 0 aromatic heterocycles. The first-order chi connectivity index (χ1) is 16.9. The number of benzene rings is 3. The maximum atomic E-state index is 6.34. The Kier molecular flexibility index (Phi) is 7.66. The molecule has 7 heteroatoms. The highest BCUT2D eigenvalue weighted by molar-refractivity contribution is 7.80. The molecular weight excluding hydrogens is 460 g/mol. The van der Waals surface area contributed by atoms with E-state index >= 15 is 0 Å². The van der Waals surface area contributed by atoms with Crippen LogP contribution in [0.5, 0.6) is 23.0 Å². The molecule has 0 fully saturated rings. The first-order valence-electron chi connectivity index (χ1n) is 11.6. The highest BCUT2D eigenvalue weighted by atomic mass is 32.1. The van der Waals surface area contributed by atoms with Crippen molar-refractivity contribution >= 4 is 23.0 Å². The van der Waals surface area contributed by atoms with Crippen LogP contribution in [-0.2, 0) is 6.42 Å². The Morgan fingerprint density at radius 1 is 0.914 bits per heavy atom. The van der Waals surface area contributed by atoms with E-state index in [9.17, 15) is 0 Å². The molecule has 0 aliphatic carbocycles. The molecule has 184 valence electrons. The van der Waals surface area contributed by atoms with Crippen LogP contribution in [0.25, 0.3) is 0 Å². The third-order valence-corrected chi connectivity index (χ3v) is 6.52. The summed E-state index contributed by atoms with van der Waals surface area (Å²) in [5, 5.41) is 4.01. The van der Waals surface area contributed by atoms with E-state index in [1.54, 1.807) is 21.3 Å². The van der Waals surface area contributed by atoms with Gasteiger partial charge in [0.25, 0.3) is 0 Å². The number of nitrogens with zero attached hydrogens (tertiary/aromatic N) is 1. The summed E-state index contributed by atoms with van der Waals surface area (Å²) in [5.41, 5.74) is 5.54. The normalized spacial score (nSPS) is 14.7. The Morgan fingerprint density at radius 2 is 1.63 bits per heavy atom. The van der Waals surface area contributed by atoms with E-state index in [2.05, 4.69) is 48.3 Å². The molecule has 0 saturated heterocycles. The van der Waals surface area contributed by atoms with Gasteiger partial charge in [-0.25, -0.2) is 0 Å². The van der Waals surface area contributed by atoms with Crippen molar-refractivity contribution in [2.45, 2.75) is 26.3 Å². The predicted octanol–water partition coefficient (Wildman–Crippen LogP) is 5.70. The van der Waals surface area contributed by atoms with Crippen LogP contribution in [0.15, 0.2) is 54.6 Å². The van der Waals surface area contributed by atoms with Gasteiger partial charge in [0.15, 0.2) is 16.6 Å². The number of anilines is 1. The molecule has 3 aromatic rings. The van der Waals surface area contributed by atoms with Crippen molar-refractivity contribution in [3.05, 3.63) is 76.9 Å². The average molecular weight is 493 g/mol. The van der Waals surface area contributed by atoms with Crippen LogP contribution in [-0.4, -0.2) is 44.5 Å². The average Bonchev–Trinajstić information content (AvgIpc) is 2.85. The minimum atomic E-state index is -0.106. The minimum Gasteiger partial charge on any atom is -0.497 e. The molecule has 1 heterocycles. The van der Waals surface area contributed by atoms with E-state index in [0.29, 0.717) is 17.5 Å². The summed E-state index contributed by atoms with van der Waals surface area (Å²) in [6.07, 6.45) is 0.829. The highest BCUT2D eigenvalue weighted by Crippen LogP contribution is 2.39. The summed E-state index contributed by atoms with van der Waals surface area (Å²) in [6, 6.07) is 18.0. The number of hydrogen-bond acceptors (Lipinski definition) is 5. The third kappa shape index (κ3) is 5.62. The fourth-order valence-electron chi connectivity index (χ4n) is 4.54. The molecule has 1 aliphatic rings. The van der Waals surface area contributed by atoms with Gasteiger partial charge in [-0.2, -0.15) is 0 Å². The zero-order chi connectivity index (χ0) is 24.9. The number of hydrogen-bond donors (Lipinski definition) is 1. The molecule has 0 amide bonds. The van der Waals surface area contributed by atoms with Crippen molar-refractivity contribution in [1.29, 1.82) is 0 Å². The van der Waals surface area contributed by atoms with Crippen molar-refractivity contribution in [2.24, 2.45) is 0 Å². The van der Waals surface area contributed by atoms with Crippen molar-refractivity contribution in [3.63, 3.8) is 0 Å². The SMILES string of the molecule is COc1cccc(NC(=S)N2CCc3cc(OC)c(OC)cc3C2COc2cc(C)cc(C)c2)c1. The standard InChI is InChI=1S/C28H32N2O4S/c1-18-11-19(2)13-23(12-18)34-17-25-24-16-27(33-5)26(32-4)14-20(24)9-10-30(25)28(35)29-21-7-6-8-22(15-21)31-3/h6-8,11-16,25H,9-10,17H2,1-5H3,(H,29,35). The number of nitrogens with one attached hydrogen (secondary N) is 1. The summed E-state index contributed by atoms with van der Waals surface area (Å²) in [7, 11) is 4.97. The van der Waals surface area contributed by atoms with E-state index < -0.39 is 0 Å². The summed E-state index contributed by atoms with van der Waals surface area (Å²) in [5.74, 6) is 3.04. The van der Waals surface area contributed by atoms with Crippen LogP contribution in [0.4, 0.5) is 5.69 Å². The van der Waals surface area contributed by atoms with Gasteiger partial charge in [-0.1, -0.05) is 12.1 Å². The Hall–Kier alpha value is -3.45. The maximum absolute atomic E-state index is 6.34. The topological polar surface area (TPSA) is 52.2 Å². The second-order valence-corrected chi connectivity index (χ2v) is 9.05. The highest BCUT2D eigenvalue weighted by Gasteiger charge is 2.31. The van der Waals surface area contributed by atoms with Crippen LogP contribution in [0.1, 0.15) is 28.3 Å². The lowest BCUT2D eigenvalue weighted by atomic mass is 9.92. The molecule has 6 nitrogen and oxygen atoms in total. The lowest BCUT2D eigenvalue weighted by molar-refractivity contribution is 0.190. The maximum Gasteiger partial charge on any atom is 0.174 e. The number of aryl methyl sites for hydroxylation is 2. The molecule has 1 aliphatic heterocycles. The Bertz CT molecular complexity index is 1190. The van der Waals surface area contributed by atoms with Crippen LogP contribution in [0.2, 0.25) is 0 Å². The Morgan fingerprint density at radius 3 is 2.31 bits per heavy atom. The number of thiocarbonyl (C=S) groups is 1. The van der Waals surface area contributed by atoms with Crippen molar-refractivity contribution in [1.82, 2.24) is 4.90 Å². The van der Waals surface area contributed by atoms with Gasteiger partial charge in [-0.3, -0.25) is 0 Å². The van der Waals surface area contributed by atoms with Gasteiger partial charge in [0.1, 0.15) is 18.1 Å². The van der Waals surface area contributed by atoms with Gasteiger partial charge in [0.05, 0.1) is 27.4 Å². The number of rotatable bonds is 7. The van der Waals surface area contributed by atoms with E-state index in [0.717, 1.165) is 41.5 Å². The summed E-state index contributed by atoms with van der Waals surface area (Å²) < 4.78 is 22.9. The number of methoxy groups -OCH3 is 3. The van der Waals surface area contributed by atoms with Crippen LogP contribution in [0, 0.1) is 13.8 Å². The molecule has 0 bridgehead atoms. The first-order valence-corrected chi connectivity index (χ1v) is 12.0. The first kappa shape index (κ1) is 24.7. The van der Waals surface area contributed by atoms with Crippen LogP contribution < -0.4 is 24.3 Å². The third-order valence-electron chi connectivity index (χ3n) is 6.19. The lowest BCUT2D eigenvalue weighted by Gasteiger charge is -2.39. The van der Waals surface area contributed by atoms with Gasteiger partial charge >= 0.3 is 0 Å². The Balaban J connectivity index is 1.65. The van der Waals surface area contributed by atoms with Gasteiger partial charge < -0.3 is 29.2 Å². The lowest BCUT2D eigenvalue weighted by Crippen LogP contribution is -2.44. The zero-order valence-electron chi connectivity index (χ0n) is 20.9. The number of ether oxygens (including phenoxy) is 4. The van der Waals surface area contributed by atoms with E-state index in [-0.39, 0.29) is 6.04 Å². The molecule has 4 rings (SSSR count). The molecule has 0 spiro atoms. The molecule has 3 aromatic carbocycles. The molecule has 0 saturated carbocycles. The second-order valence-electron chi connectivity index (χ2n) is 8.66. The second kappa shape index (κ2) is 10.9. The predicted molar refractivity (Wildman–Crippen MR) is 143 cm³/mol. The molecule has 1 N–H and O–H groups in total. The quantitative estimate of drug-likeness (QED) is 0.424. The largest absolute Gasteiger partial charge is 0.497 e. The molecule has 35 heavy (non-hydrogen) atoms. The minimum absolute atomic E-state index is 0.106. The molecule has 1 atom stereocenters. The van der Waals surface area contributed by atoms with E-state index in [4.69, 9.17) is 31.2 Å². The summed E-state index contributed by atoms with van der Waals surface area (Å²) in [6.45, 7) is 5.34. The Labute approximate surface area is 212 Å². The van der Waals surface area contributed by atoms with Gasteiger partial charge in [-0.05, 0) is 91.1 Å². The van der Waals surface area contributed by atoms with Crippen LogP contribution >= 0.6 is 12.2 Å². The van der Waals surface area contributed by atoms with E-state index in [1.807, 2.05) is 30.3 Å². The zero-order valence-corrected chi connectivity index (χ0v) is 21.7. The monoisotopic (exact) mass is 492 g/mol. The summed E-state index contributed by atoms with van der Waals surface area (Å²) in [4.78, 5) is 2.19. The summed E-state index contributed by atoms with van der Waals surface area (Å²) >= 11 is 5.89. The van der Waals surface area contributed by atoms with Crippen molar-refractivity contribution in [2.75, 3.05) is 39.8 Å². The van der Waals surface area contributed by atoms with Crippen molar-refractivity contribution < 1.29 is 18.9 Å². The van der Waals surface area contributed by atoms with Gasteiger partial charge in [0, 0.05) is 18.3 Å². The van der Waals surface area contributed by atoms with Crippen LogP contribution in [0.3, 0.4) is 0 Å². The van der Waals surface area contributed by atoms with Gasteiger partial charge in [0.2, 0.25) is 0 Å². The fourth-order valence-corrected chi connectivity index (χ4v) is 4.87. The molecule has 0 radical (unpaired) electrons. The fraction of sp³-hybridized carbons (Fsp3) is 0.321. The molecule has 1 unspecified atom stereocenters. The van der Waals surface area contributed by atoms with Crippen molar-refractivity contribution in [3.8, 4) is 23.0 Å². The smallest absolute Gasteiger partial charge is 0.174 e. The number of fused-ring (bicyclic) bond motifs is 1. The van der Waals surface area contributed by atoms with Gasteiger partial charge in [-0.15, -0.1) is 0 Å². The van der Waals surface area contributed by atoms with E-state index in [1.165, 1.54) is 16.7 Å². The molecular formula is C28H32N2O4S.